The van der Waals surface area contributed by atoms with Gasteiger partial charge in [-0.15, -0.1) is 0 Å². The Morgan fingerprint density at radius 3 is 2.53 bits per heavy atom. The maximum atomic E-state index is 12.2. The van der Waals surface area contributed by atoms with E-state index in [1.807, 2.05) is 0 Å². The van der Waals surface area contributed by atoms with Crippen LogP contribution in [0, 0.1) is 11.8 Å². The molecule has 1 amide bonds. The molecule has 3 N–H and O–H groups in total. The van der Waals surface area contributed by atoms with Crippen LogP contribution in [0.2, 0.25) is 0 Å². The molecule has 0 aromatic carbocycles. The minimum atomic E-state index is -0.980. The van der Waals surface area contributed by atoms with Crippen molar-refractivity contribution in [2.75, 3.05) is 26.3 Å². The molecule has 0 aromatic rings. The van der Waals surface area contributed by atoms with Gasteiger partial charge in [0.05, 0.1) is 19.1 Å². The van der Waals surface area contributed by atoms with Gasteiger partial charge in [0, 0.05) is 12.6 Å². The fourth-order valence-electron chi connectivity index (χ4n) is 2.07. The highest BCUT2D eigenvalue weighted by Gasteiger charge is 2.37. The second kappa shape index (κ2) is 5.01. The molecule has 0 radical (unpaired) electrons. The summed E-state index contributed by atoms with van der Waals surface area (Å²) in [6, 6.07) is -0.307. The Hall–Kier alpha value is -1.14. The number of hydrogen-bond donors (Lipinski definition) is 2. The molecule has 1 saturated heterocycles. The minimum absolute atomic E-state index is 0.177. The average molecular weight is 242 g/mol. The predicted molar refractivity (Wildman–Crippen MR) is 59.2 cm³/mol. The van der Waals surface area contributed by atoms with Crippen molar-refractivity contribution >= 4 is 11.9 Å². The first kappa shape index (κ1) is 12.3. The lowest BCUT2D eigenvalue weighted by Crippen LogP contribution is -2.46. The number of carbonyl (C=O) groups is 2. The van der Waals surface area contributed by atoms with Gasteiger partial charge in [0.15, 0.2) is 0 Å². The van der Waals surface area contributed by atoms with Gasteiger partial charge < -0.3 is 20.5 Å². The molecule has 2 aliphatic rings. The molecule has 2 atom stereocenters. The zero-order chi connectivity index (χ0) is 12.4. The molecule has 2 rings (SSSR count). The largest absolute Gasteiger partial charge is 0.480 e. The van der Waals surface area contributed by atoms with Crippen LogP contribution in [0.4, 0.5) is 0 Å². The van der Waals surface area contributed by atoms with Crippen LogP contribution in [0.15, 0.2) is 0 Å². The number of nitrogens with two attached hydrogens (primary N) is 1. The highest BCUT2D eigenvalue weighted by atomic mass is 16.5. The van der Waals surface area contributed by atoms with Crippen molar-refractivity contribution in [2.24, 2.45) is 17.6 Å². The minimum Gasteiger partial charge on any atom is -0.480 e. The van der Waals surface area contributed by atoms with Crippen molar-refractivity contribution in [1.82, 2.24) is 4.90 Å². The van der Waals surface area contributed by atoms with Gasteiger partial charge in [0.1, 0.15) is 6.54 Å². The molecule has 0 aromatic heterocycles. The molecule has 1 saturated carbocycles. The van der Waals surface area contributed by atoms with Crippen molar-refractivity contribution in [3.05, 3.63) is 0 Å². The van der Waals surface area contributed by atoms with E-state index in [-0.39, 0.29) is 24.4 Å². The maximum absolute atomic E-state index is 12.2. The molecule has 0 bridgehead atoms. The first-order chi connectivity index (χ1) is 8.08. The third-order valence-electron chi connectivity index (χ3n) is 3.26. The van der Waals surface area contributed by atoms with Gasteiger partial charge in [-0.2, -0.15) is 0 Å². The van der Waals surface area contributed by atoms with Crippen LogP contribution in [-0.2, 0) is 14.3 Å². The first-order valence-corrected chi connectivity index (χ1v) is 5.92. The summed E-state index contributed by atoms with van der Waals surface area (Å²) in [5, 5.41) is 8.82. The van der Waals surface area contributed by atoms with Crippen molar-refractivity contribution in [2.45, 2.75) is 18.9 Å². The standard InChI is InChI=1S/C11H18N2O4/c12-9-6-17-5-8(9)11(16)13(4-10(14)15)3-7-1-2-7/h7-9H,1-6,12H2,(H,14,15). The van der Waals surface area contributed by atoms with Crippen LogP contribution in [0.5, 0.6) is 0 Å². The Balaban J connectivity index is 1.97. The molecule has 0 spiro atoms. The van der Waals surface area contributed by atoms with Gasteiger partial charge in [-0.1, -0.05) is 0 Å². The molecule has 1 aliphatic heterocycles. The zero-order valence-electron chi connectivity index (χ0n) is 9.67. The van der Waals surface area contributed by atoms with Crippen molar-refractivity contribution in [1.29, 1.82) is 0 Å². The van der Waals surface area contributed by atoms with E-state index in [2.05, 4.69) is 0 Å². The summed E-state index contributed by atoms with van der Waals surface area (Å²) in [5.41, 5.74) is 5.78. The van der Waals surface area contributed by atoms with Crippen LogP contribution in [0.25, 0.3) is 0 Å². The van der Waals surface area contributed by atoms with Crippen molar-refractivity contribution in [3.8, 4) is 0 Å². The third kappa shape index (κ3) is 3.17. The molecule has 1 heterocycles. The van der Waals surface area contributed by atoms with E-state index in [1.165, 1.54) is 4.90 Å². The molecule has 6 nitrogen and oxygen atoms in total. The Kier molecular flexibility index (Phi) is 3.63. The van der Waals surface area contributed by atoms with E-state index in [0.717, 1.165) is 12.8 Å². The lowest BCUT2D eigenvalue weighted by Gasteiger charge is -2.24. The fraction of sp³-hybridized carbons (Fsp3) is 0.818. The van der Waals surface area contributed by atoms with Crippen LogP contribution in [0.1, 0.15) is 12.8 Å². The van der Waals surface area contributed by atoms with Gasteiger partial charge >= 0.3 is 5.97 Å². The van der Waals surface area contributed by atoms with E-state index >= 15 is 0 Å². The van der Waals surface area contributed by atoms with Crippen LogP contribution in [0.3, 0.4) is 0 Å². The van der Waals surface area contributed by atoms with E-state index in [0.29, 0.717) is 25.7 Å². The first-order valence-electron chi connectivity index (χ1n) is 5.92. The summed E-state index contributed by atoms with van der Waals surface area (Å²) in [5.74, 6) is -1.07. The monoisotopic (exact) mass is 242 g/mol. The molecule has 2 unspecified atom stereocenters. The number of hydrogen-bond acceptors (Lipinski definition) is 4. The second-order valence-corrected chi connectivity index (χ2v) is 4.86. The number of carbonyl (C=O) groups excluding carboxylic acids is 1. The predicted octanol–water partition coefficient (Wildman–Crippen LogP) is -0.717. The van der Waals surface area contributed by atoms with Gasteiger partial charge in [0.25, 0.3) is 0 Å². The van der Waals surface area contributed by atoms with E-state index < -0.39 is 5.97 Å². The second-order valence-electron chi connectivity index (χ2n) is 4.86. The van der Waals surface area contributed by atoms with E-state index in [4.69, 9.17) is 15.6 Å². The number of carboxylic acid groups (broad SMARTS) is 1. The topological polar surface area (TPSA) is 92.9 Å². The summed E-state index contributed by atoms with van der Waals surface area (Å²) in [4.78, 5) is 24.3. The highest BCUT2D eigenvalue weighted by molar-refractivity contribution is 5.84. The fourth-order valence-corrected chi connectivity index (χ4v) is 2.07. The highest BCUT2D eigenvalue weighted by Crippen LogP contribution is 2.30. The third-order valence-corrected chi connectivity index (χ3v) is 3.26. The summed E-state index contributed by atoms with van der Waals surface area (Å²) < 4.78 is 5.15. The average Bonchev–Trinajstić information content (AvgIpc) is 2.97. The lowest BCUT2D eigenvalue weighted by atomic mass is 10.0. The SMILES string of the molecule is NC1COCC1C(=O)N(CC(=O)O)CC1CC1. The van der Waals surface area contributed by atoms with Crippen LogP contribution >= 0.6 is 0 Å². The quantitative estimate of drug-likeness (QED) is 0.664. The Labute approximate surface area is 99.7 Å². The summed E-state index contributed by atoms with van der Waals surface area (Å²) >= 11 is 0. The maximum Gasteiger partial charge on any atom is 0.323 e. The molecule has 17 heavy (non-hydrogen) atoms. The van der Waals surface area contributed by atoms with Gasteiger partial charge in [0.2, 0.25) is 5.91 Å². The number of nitrogens with zero attached hydrogens (tertiary/aromatic N) is 1. The van der Waals surface area contributed by atoms with Gasteiger partial charge in [-0.05, 0) is 18.8 Å². The number of amides is 1. The Morgan fingerprint density at radius 2 is 2.06 bits per heavy atom. The molecular formula is C11H18N2O4. The molecule has 6 heteroatoms. The summed E-state index contributed by atoms with van der Waals surface area (Å²) in [6.45, 7) is 0.981. The number of ether oxygens (including phenoxy) is 1. The Bertz CT molecular complexity index is 317. The summed E-state index contributed by atoms with van der Waals surface area (Å²) in [7, 11) is 0. The van der Waals surface area contributed by atoms with Crippen molar-refractivity contribution < 1.29 is 19.4 Å². The van der Waals surface area contributed by atoms with Gasteiger partial charge in [-0.25, -0.2) is 0 Å². The normalized spacial score (nSPS) is 28.1. The smallest absolute Gasteiger partial charge is 0.323 e. The molecule has 96 valence electrons. The van der Waals surface area contributed by atoms with E-state index in [1.54, 1.807) is 0 Å². The number of carboxylic acids is 1. The lowest BCUT2D eigenvalue weighted by molar-refractivity contribution is -0.146. The van der Waals surface area contributed by atoms with Crippen LogP contribution < -0.4 is 5.73 Å². The molecule has 2 fully saturated rings. The summed E-state index contributed by atoms with van der Waals surface area (Å²) in [6.07, 6.45) is 2.16. The molecule has 1 aliphatic carbocycles. The molecular weight excluding hydrogens is 224 g/mol. The number of rotatable bonds is 5. The van der Waals surface area contributed by atoms with Crippen LogP contribution in [-0.4, -0.2) is 54.2 Å². The Morgan fingerprint density at radius 1 is 1.35 bits per heavy atom. The zero-order valence-corrected chi connectivity index (χ0v) is 9.67. The number of aliphatic carboxylic acids is 1. The van der Waals surface area contributed by atoms with E-state index in [9.17, 15) is 9.59 Å². The van der Waals surface area contributed by atoms with Crippen molar-refractivity contribution in [3.63, 3.8) is 0 Å². The van der Waals surface area contributed by atoms with Gasteiger partial charge in [-0.3, -0.25) is 9.59 Å².